The van der Waals surface area contributed by atoms with Crippen LogP contribution >= 0.6 is 11.6 Å². The van der Waals surface area contributed by atoms with Crippen LogP contribution in [0.1, 0.15) is 21.5 Å². The Kier molecular flexibility index (Phi) is 6.83. The molecule has 4 rings (SSSR count). The van der Waals surface area contributed by atoms with Gasteiger partial charge in [-0.3, -0.25) is 9.48 Å². The predicted octanol–water partition coefficient (Wildman–Crippen LogP) is 4.17. The van der Waals surface area contributed by atoms with E-state index < -0.39 is 10.0 Å². The van der Waals surface area contributed by atoms with Crippen LogP contribution in [0.5, 0.6) is 0 Å². The predicted molar refractivity (Wildman–Crippen MR) is 132 cm³/mol. The molecule has 4 aromatic rings. The molecule has 0 bridgehead atoms. The van der Waals surface area contributed by atoms with Crippen molar-refractivity contribution in [1.29, 1.82) is 0 Å². The van der Waals surface area contributed by atoms with Crippen molar-refractivity contribution in [3.8, 4) is 11.3 Å². The summed E-state index contributed by atoms with van der Waals surface area (Å²) >= 11 is 6.33. The molecule has 3 aromatic carbocycles. The average molecular weight is 495 g/mol. The molecule has 34 heavy (non-hydrogen) atoms. The molecule has 1 aromatic heterocycles. The Morgan fingerprint density at radius 3 is 2.41 bits per heavy atom. The smallest absolute Gasteiger partial charge is 0.253 e. The summed E-state index contributed by atoms with van der Waals surface area (Å²) in [4.78, 5) is 14.5. The first-order valence-corrected chi connectivity index (χ1v) is 12.4. The molecule has 1 amide bonds. The van der Waals surface area contributed by atoms with E-state index in [0.29, 0.717) is 11.6 Å². The molecule has 0 fully saturated rings. The SMILES string of the molecule is CN(Cc1cn(Cc2ccccc2Cl)nc1-c1ccccc1)C(=O)c1cccc(S(N)(=O)=O)c1. The Hall–Kier alpha value is -3.46. The number of halogens is 1. The summed E-state index contributed by atoms with van der Waals surface area (Å²) in [6.07, 6.45) is 1.90. The Bertz CT molecular complexity index is 1440. The number of aromatic nitrogens is 2. The maximum absolute atomic E-state index is 13.1. The van der Waals surface area contributed by atoms with Gasteiger partial charge in [-0.15, -0.1) is 0 Å². The molecule has 0 spiro atoms. The van der Waals surface area contributed by atoms with Crippen molar-refractivity contribution in [3.05, 3.63) is 107 Å². The maximum Gasteiger partial charge on any atom is 0.253 e. The lowest BCUT2D eigenvalue weighted by Crippen LogP contribution is -2.26. The number of amides is 1. The lowest BCUT2D eigenvalue weighted by atomic mass is 10.1. The highest BCUT2D eigenvalue weighted by Gasteiger charge is 2.19. The van der Waals surface area contributed by atoms with E-state index >= 15 is 0 Å². The molecule has 0 saturated heterocycles. The summed E-state index contributed by atoms with van der Waals surface area (Å²) in [6, 6.07) is 23.0. The molecule has 9 heteroatoms. The van der Waals surface area contributed by atoms with E-state index in [1.54, 1.807) is 17.8 Å². The van der Waals surface area contributed by atoms with Gasteiger partial charge >= 0.3 is 0 Å². The van der Waals surface area contributed by atoms with Gasteiger partial charge in [-0.25, -0.2) is 13.6 Å². The lowest BCUT2D eigenvalue weighted by Gasteiger charge is -2.17. The third-order valence-corrected chi connectivity index (χ3v) is 6.62. The van der Waals surface area contributed by atoms with Crippen LogP contribution < -0.4 is 5.14 Å². The normalized spacial score (nSPS) is 11.4. The minimum absolute atomic E-state index is 0.107. The van der Waals surface area contributed by atoms with Crippen molar-refractivity contribution in [3.63, 3.8) is 0 Å². The van der Waals surface area contributed by atoms with Crippen molar-refractivity contribution in [1.82, 2.24) is 14.7 Å². The zero-order chi connectivity index (χ0) is 24.3. The minimum atomic E-state index is -3.91. The highest BCUT2D eigenvalue weighted by Crippen LogP contribution is 2.25. The van der Waals surface area contributed by atoms with Crippen molar-refractivity contribution in [2.75, 3.05) is 7.05 Å². The van der Waals surface area contributed by atoms with Crippen LogP contribution in [0.3, 0.4) is 0 Å². The summed E-state index contributed by atoms with van der Waals surface area (Å²) in [5.74, 6) is -0.330. The number of sulfonamides is 1. The third kappa shape index (κ3) is 5.36. The van der Waals surface area contributed by atoms with E-state index in [1.165, 1.54) is 23.1 Å². The molecule has 1 heterocycles. The summed E-state index contributed by atoms with van der Waals surface area (Å²) in [6.45, 7) is 0.749. The molecule has 0 atom stereocenters. The fourth-order valence-electron chi connectivity index (χ4n) is 3.65. The Morgan fingerprint density at radius 2 is 1.71 bits per heavy atom. The topological polar surface area (TPSA) is 98.3 Å². The highest BCUT2D eigenvalue weighted by atomic mass is 35.5. The van der Waals surface area contributed by atoms with Gasteiger partial charge in [0.15, 0.2) is 0 Å². The van der Waals surface area contributed by atoms with Gasteiger partial charge < -0.3 is 4.90 Å². The second-order valence-electron chi connectivity index (χ2n) is 7.89. The number of nitrogens with zero attached hydrogens (tertiary/aromatic N) is 3. The van der Waals surface area contributed by atoms with Gasteiger partial charge in [0.05, 0.1) is 17.1 Å². The molecule has 0 aliphatic carbocycles. The fraction of sp³-hybridized carbons (Fsp3) is 0.120. The van der Waals surface area contributed by atoms with Gasteiger partial charge in [0, 0.05) is 41.5 Å². The molecule has 0 radical (unpaired) electrons. The first-order chi connectivity index (χ1) is 16.2. The van der Waals surface area contributed by atoms with Crippen molar-refractivity contribution in [2.45, 2.75) is 18.0 Å². The monoisotopic (exact) mass is 494 g/mol. The molecule has 174 valence electrons. The van der Waals surface area contributed by atoms with Gasteiger partial charge in [-0.2, -0.15) is 5.10 Å². The average Bonchev–Trinajstić information content (AvgIpc) is 3.22. The van der Waals surface area contributed by atoms with Gasteiger partial charge in [0.25, 0.3) is 5.91 Å². The number of rotatable bonds is 7. The Morgan fingerprint density at radius 1 is 1.00 bits per heavy atom. The number of primary sulfonamides is 1. The zero-order valence-corrected chi connectivity index (χ0v) is 20.0. The quantitative estimate of drug-likeness (QED) is 0.417. The van der Waals surface area contributed by atoms with Crippen LogP contribution in [0.2, 0.25) is 5.02 Å². The summed E-state index contributed by atoms with van der Waals surface area (Å²) in [5, 5.41) is 10.6. The molecule has 2 N–H and O–H groups in total. The van der Waals surface area contributed by atoms with Crippen molar-refractivity contribution in [2.24, 2.45) is 5.14 Å². The highest BCUT2D eigenvalue weighted by molar-refractivity contribution is 7.89. The third-order valence-electron chi connectivity index (χ3n) is 5.34. The largest absolute Gasteiger partial charge is 0.337 e. The van der Waals surface area contributed by atoms with Gasteiger partial charge in [-0.1, -0.05) is 66.2 Å². The van der Waals surface area contributed by atoms with Gasteiger partial charge in [-0.05, 0) is 29.8 Å². The van der Waals surface area contributed by atoms with Gasteiger partial charge in [0.1, 0.15) is 0 Å². The Balaban J connectivity index is 1.64. The van der Waals surface area contributed by atoms with E-state index in [1.807, 2.05) is 60.8 Å². The first-order valence-electron chi connectivity index (χ1n) is 10.5. The first kappa shape index (κ1) is 23.7. The molecule has 7 nitrogen and oxygen atoms in total. The van der Waals surface area contributed by atoms with Crippen LogP contribution in [0.25, 0.3) is 11.3 Å². The number of carbonyl (C=O) groups excluding carboxylic acids is 1. The van der Waals surface area contributed by atoms with E-state index in [-0.39, 0.29) is 22.9 Å². The van der Waals surface area contributed by atoms with Crippen LogP contribution in [0.4, 0.5) is 0 Å². The molecule has 0 saturated carbocycles. The second-order valence-corrected chi connectivity index (χ2v) is 9.86. The van der Waals surface area contributed by atoms with Crippen molar-refractivity contribution < 1.29 is 13.2 Å². The molecule has 0 aliphatic heterocycles. The lowest BCUT2D eigenvalue weighted by molar-refractivity contribution is 0.0785. The number of nitrogens with two attached hydrogens (primary N) is 1. The van der Waals surface area contributed by atoms with E-state index in [2.05, 4.69) is 0 Å². The van der Waals surface area contributed by atoms with E-state index in [0.717, 1.165) is 22.4 Å². The number of hydrogen-bond donors (Lipinski definition) is 1. The zero-order valence-electron chi connectivity index (χ0n) is 18.4. The Labute approximate surface area is 203 Å². The fourth-order valence-corrected chi connectivity index (χ4v) is 4.41. The van der Waals surface area contributed by atoms with E-state index in [4.69, 9.17) is 21.8 Å². The second kappa shape index (κ2) is 9.80. The molecular formula is C25H23ClN4O3S. The number of benzene rings is 3. The number of hydrogen-bond acceptors (Lipinski definition) is 4. The summed E-state index contributed by atoms with van der Waals surface area (Å²) in [7, 11) is -2.25. The van der Waals surface area contributed by atoms with Crippen LogP contribution in [0, 0.1) is 0 Å². The van der Waals surface area contributed by atoms with E-state index in [9.17, 15) is 13.2 Å². The van der Waals surface area contributed by atoms with Crippen molar-refractivity contribution >= 4 is 27.5 Å². The minimum Gasteiger partial charge on any atom is -0.337 e. The summed E-state index contributed by atoms with van der Waals surface area (Å²) in [5.41, 5.74) is 3.69. The molecule has 0 unspecified atom stereocenters. The van der Waals surface area contributed by atoms with Crippen LogP contribution in [-0.4, -0.2) is 36.1 Å². The van der Waals surface area contributed by atoms with Crippen LogP contribution in [-0.2, 0) is 23.1 Å². The maximum atomic E-state index is 13.1. The summed E-state index contributed by atoms with van der Waals surface area (Å²) < 4.78 is 25.2. The molecule has 0 aliphatic rings. The molecular weight excluding hydrogens is 472 g/mol. The standard InChI is InChI=1S/C25H23ClN4O3S/c1-29(25(31)19-11-7-12-22(14-19)34(27,32)33)15-21-17-30(16-20-10-5-6-13-23(20)26)28-24(21)18-8-3-2-4-9-18/h2-14,17H,15-16H2,1H3,(H2,27,32,33). The van der Waals surface area contributed by atoms with Gasteiger partial charge in [0.2, 0.25) is 10.0 Å². The van der Waals surface area contributed by atoms with Crippen LogP contribution in [0.15, 0.2) is 90.0 Å². The number of carbonyl (C=O) groups is 1.